The maximum atomic E-state index is 11.2. The first-order valence-electron chi connectivity index (χ1n) is 5.32. The highest BCUT2D eigenvalue weighted by Gasteiger charge is 2.13. The lowest BCUT2D eigenvalue weighted by Gasteiger charge is -2.07. The van der Waals surface area contributed by atoms with Crippen LogP contribution in [0.5, 0.6) is 0 Å². The van der Waals surface area contributed by atoms with Crippen LogP contribution in [0.4, 0.5) is 0 Å². The summed E-state index contributed by atoms with van der Waals surface area (Å²) in [6.45, 7) is 1.63. The van der Waals surface area contributed by atoms with Gasteiger partial charge in [-0.05, 0) is 18.9 Å². The lowest BCUT2D eigenvalue weighted by molar-refractivity contribution is 0.161. The Kier molecular flexibility index (Phi) is 4.49. The molecule has 0 aliphatic heterocycles. The summed E-state index contributed by atoms with van der Waals surface area (Å²) in [4.78, 5) is 0. The van der Waals surface area contributed by atoms with Gasteiger partial charge in [0, 0.05) is 19.0 Å². The predicted octanol–water partition coefficient (Wildman–Crippen LogP) is 0.668. The average molecular weight is 246 g/mol. The standard InChI is InChI=1S/C10H18N2O3S/c1-3-16(14,15)8-4-5-10(13)9-6-7-12(2)11-9/h6-7,10,13H,3-5,8H2,1-2H3. The average Bonchev–Trinajstić information content (AvgIpc) is 2.64. The molecule has 1 heterocycles. The largest absolute Gasteiger partial charge is 0.387 e. The van der Waals surface area contributed by atoms with Crippen molar-refractivity contribution in [2.45, 2.75) is 25.9 Å². The summed E-state index contributed by atoms with van der Waals surface area (Å²) in [7, 11) is -1.15. The zero-order valence-electron chi connectivity index (χ0n) is 9.63. The second-order valence-corrected chi connectivity index (χ2v) is 6.28. The molecule has 0 aliphatic carbocycles. The first kappa shape index (κ1) is 13.2. The normalized spacial score (nSPS) is 13.9. The molecule has 1 atom stereocenters. The monoisotopic (exact) mass is 246 g/mol. The van der Waals surface area contributed by atoms with Gasteiger partial charge in [0.25, 0.3) is 0 Å². The maximum absolute atomic E-state index is 11.2. The van der Waals surface area contributed by atoms with Crippen molar-refractivity contribution < 1.29 is 13.5 Å². The van der Waals surface area contributed by atoms with Crippen LogP contribution in [0.1, 0.15) is 31.6 Å². The molecule has 0 spiro atoms. The molecule has 0 aromatic carbocycles. The van der Waals surface area contributed by atoms with Crippen LogP contribution < -0.4 is 0 Å². The number of aliphatic hydroxyl groups excluding tert-OH is 1. The summed E-state index contributed by atoms with van der Waals surface area (Å²) >= 11 is 0. The Balaban J connectivity index is 2.39. The van der Waals surface area contributed by atoms with Gasteiger partial charge in [-0.3, -0.25) is 4.68 Å². The van der Waals surface area contributed by atoms with Crippen LogP contribution in [0.2, 0.25) is 0 Å². The minimum Gasteiger partial charge on any atom is -0.387 e. The number of sulfone groups is 1. The smallest absolute Gasteiger partial charge is 0.150 e. The van der Waals surface area contributed by atoms with Gasteiger partial charge in [-0.2, -0.15) is 5.10 Å². The number of rotatable bonds is 6. The molecule has 0 saturated carbocycles. The van der Waals surface area contributed by atoms with Crippen molar-refractivity contribution in [3.63, 3.8) is 0 Å². The van der Waals surface area contributed by atoms with Gasteiger partial charge in [0.2, 0.25) is 0 Å². The van der Waals surface area contributed by atoms with Gasteiger partial charge in [0.15, 0.2) is 0 Å². The fraction of sp³-hybridized carbons (Fsp3) is 0.700. The Labute approximate surface area is 96.0 Å². The highest BCUT2D eigenvalue weighted by atomic mass is 32.2. The number of aliphatic hydroxyl groups is 1. The highest BCUT2D eigenvalue weighted by molar-refractivity contribution is 7.91. The van der Waals surface area contributed by atoms with E-state index in [1.54, 1.807) is 30.9 Å². The van der Waals surface area contributed by atoms with Gasteiger partial charge in [-0.15, -0.1) is 0 Å². The molecular weight excluding hydrogens is 228 g/mol. The summed E-state index contributed by atoms with van der Waals surface area (Å²) in [6, 6.07) is 1.74. The van der Waals surface area contributed by atoms with E-state index in [9.17, 15) is 13.5 Å². The van der Waals surface area contributed by atoms with Crippen LogP contribution in [-0.4, -0.2) is 34.8 Å². The van der Waals surface area contributed by atoms with Crippen molar-refractivity contribution >= 4 is 9.84 Å². The van der Waals surface area contributed by atoms with Crippen molar-refractivity contribution in [1.82, 2.24) is 9.78 Å². The Morgan fingerprint density at radius 2 is 2.25 bits per heavy atom. The van der Waals surface area contributed by atoms with E-state index in [4.69, 9.17) is 0 Å². The van der Waals surface area contributed by atoms with E-state index in [1.807, 2.05) is 0 Å². The van der Waals surface area contributed by atoms with Crippen molar-refractivity contribution in [3.8, 4) is 0 Å². The maximum Gasteiger partial charge on any atom is 0.150 e. The molecule has 0 saturated heterocycles. The summed E-state index contributed by atoms with van der Waals surface area (Å²) in [5, 5.41) is 13.8. The Hall–Kier alpha value is -0.880. The van der Waals surface area contributed by atoms with E-state index in [0.29, 0.717) is 18.5 Å². The lowest BCUT2D eigenvalue weighted by Crippen LogP contribution is -2.10. The van der Waals surface area contributed by atoms with E-state index in [1.165, 1.54) is 0 Å². The van der Waals surface area contributed by atoms with Crippen molar-refractivity contribution in [3.05, 3.63) is 18.0 Å². The molecule has 1 aromatic heterocycles. The van der Waals surface area contributed by atoms with E-state index in [-0.39, 0.29) is 11.5 Å². The van der Waals surface area contributed by atoms with Gasteiger partial charge >= 0.3 is 0 Å². The zero-order chi connectivity index (χ0) is 12.2. The zero-order valence-corrected chi connectivity index (χ0v) is 10.4. The number of aryl methyl sites for hydroxylation is 1. The van der Waals surface area contributed by atoms with Crippen molar-refractivity contribution in [2.75, 3.05) is 11.5 Å². The second kappa shape index (κ2) is 5.45. The first-order valence-corrected chi connectivity index (χ1v) is 7.15. The van der Waals surface area contributed by atoms with E-state index >= 15 is 0 Å². The summed E-state index contributed by atoms with van der Waals surface area (Å²) in [5.41, 5.74) is 0.594. The molecule has 92 valence electrons. The molecular formula is C10H18N2O3S. The number of hydrogen-bond donors (Lipinski definition) is 1. The molecule has 6 heteroatoms. The van der Waals surface area contributed by atoms with Gasteiger partial charge in [0.1, 0.15) is 9.84 Å². The van der Waals surface area contributed by atoms with E-state index in [2.05, 4.69) is 5.10 Å². The van der Waals surface area contributed by atoms with Gasteiger partial charge in [0.05, 0.1) is 17.6 Å². The van der Waals surface area contributed by atoms with Crippen molar-refractivity contribution in [1.29, 1.82) is 0 Å². The van der Waals surface area contributed by atoms with Crippen LogP contribution >= 0.6 is 0 Å². The summed E-state index contributed by atoms with van der Waals surface area (Å²) in [6.07, 6.45) is 1.97. The number of nitrogens with zero attached hydrogens (tertiary/aromatic N) is 2. The molecule has 16 heavy (non-hydrogen) atoms. The Morgan fingerprint density at radius 1 is 1.56 bits per heavy atom. The van der Waals surface area contributed by atoms with Gasteiger partial charge in [-0.1, -0.05) is 6.92 Å². The Morgan fingerprint density at radius 3 is 2.75 bits per heavy atom. The third kappa shape index (κ3) is 3.94. The predicted molar refractivity (Wildman–Crippen MR) is 61.7 cm³/mol. The topological polar surface area (TPSA) is 72.2 Å². The highest BCUT2D eigenvalue weighted by Crippen LogP contribution is 2.16. The van der Waals surface area contributed by atoms with Crippen LogP contribution in [0.15, 0.2) is 12.3 Å². The SMILES string of the molecule is CCS(=O)(=O)CCCC(O)c1ccn(C)n1. The van der Waals surface area contributed by atoms with E-state index in [0.717, 1.165) is 0 Å². The molecule has 1 N–H and O–H groups in total. The second-order valence-electron chi connectivity index (χ2n) is 3.81. The van der Waals surface area contributed by atoms with Gasteiger partial charge < -0.3 is 5.11 Å². The number of aromatic nitrogens is 2. The third-order valence-electron chi connectivity index (χ3n) is 2.45. The molecule has 0 bridgehead atoms. The quantitative estimate of drug-likeness (QED) is 0.800. The molecule has 0 aliphatic rings. The van der Waals surface area contributed by atoms with Crippen LogP contribution in [0.25, 0.3) is 0 Å². The minimum atomic E-state index is -2.93. The molecule has 1 unspecified atom stereocenters. The molecule has 5 nitrogen and oxygen atoms in total. The summed E-state index contributed by atoms with van der Waals surface area (Å²) in [5.74, 6) is 0.292. The lowest BCUT2D eigenvalue weighted by atomic mass is 10.1. The summed E-state index contributed by atoms with van der Waals surface area (Å²) < 4.78 is 24.1. The molecule has 1 aromatic rings. The minimum absolute atomic E-state index is 0.132. The van der Waals surface area contributed by atoms with Crippen LogP contribution in [0.3, 0.4) is 0 Å². The molecule has 0 radical (unpaired) electrons. The van der Waals surface area contributed by atoms with Crippen molar-refractivity contribution in [2.24, 2.45) is 7.05 Å². The molecule has 1 rings (SSSR count). The van der Waals surface area contributed by atoms with Crippen LogP contribution in [0, 0.1) is 0 Å². The van der Waals surface area contributed by atoms with E-state index < -0.39 is 15.9 Å². The van der Waals surface area contributed by atoms with Gasteiger partial charge in [-0.25, -0.2) is 8.42 Å². The molecule has 0 fully saturated rings. The fourth-order valence-electron chi connectivity index (χ4n) is 1.40. The number of hydrogen-bond acceptors (Lipinski definition) is 4. The van der Waals surface area contributed by atoms with Crippen LogP contribution in [-0.2, 0) is 16.9 Å². The Bertz CT molecular complexity index is 425. The fourth-order valence-corrected chi connectivity index (χ4v) is 2.29. The third-order valence-corrected chi connectivity index (χ3v) is 4.24. The molecule has 0 amide bonds. The first-order chi connectivity index (χ1) is 7.44.